The molecule has 1 aromatic heterocycles. The predicted molar refractivity (Wildman–Crippen MR) is 60.5 cm³/mol. The minimum atomic E-state index is -0.354. The molecule has 4 N–H and O–H groups in total. The molecule has 0 bridgehead atoms. The molecule has 0 aliphatic heterocycles. The van der Waals surface area contributed by atoms with Crippen LogP contribution in [0.4, 0.5) is 11.5 Å². The van der Waals surface area contributed by atoms with Crippen LogP contribution in [-0.4, -0.2) is 24.0 Å². The van der Waals surface area contributed by atoms with Crippen molar-refractivity contribution in [3.05, 3.63) is 17.8 Å². The van der Waals surface area contributed by atoms with Gasteiger partial charge in [0.2, 0.25) is 5.91 Å². The average Bonchev–Trinajstić information content (AvgIpc) is 2.20. The molecule has 0 saturated carbocycles. The molecule has 0 aromatic carbocycles. The summed E-state index contributed by atoms with van der Waals surface area (Å²) in [7, 11) is 1.59. The minimum Gasteiger partial charge on any atom is -0.396 e. The van der Waals surface area contributed by atoms with Crippen molar-refractivity contribution in [3.63, 3.8) is 0 Å². The quantitative estimate of drug-likeness (QED) is 0.676. The van der Waals surface area contributed by atoms with Crippen LogP contribution in [0.15, 0.2) is 12.3 Å². The lowest BCUT2D eigenvalue weighted by molar-refractivity contribution is -0.121. The van der Waals surface area contributed by atoms with Crippen LogP contribution in [0.25, 0.3) is 0 Å². The fraction of sp³-hybridized carbons (Fsp3) is 0.400. The lowest BCUT2D eigenvalue weighted by Crippen LogP contribution is -2.35. The number of carbonyl (C=O) groups is 1. The van der Waals surface area contributed by atoms with Crippen molar-refractivity contribution in [2.45, 2.75) is 19.9 Å². The molecule has 1 heterocycles. The summed E-state index contributed by atoms with van der Waals surface area (Å²) in [6.07, 6.45) is 1.70. The van der Waals surface area contributed by atoms with E-state index in [-0.39, 0.29) is 11.9 Å². The van der Waals surface area contributed by atoms with E-state index in [4.69, 9.17) is 5.73 Å². The van der Waals surface area contributed by atoms with E-state index in [9.17, 15) is 4.79 Å². The third kappa shape index (κ3) is 2.83. The van der Waals surface area contributed by atoms with Crippen molar-refractivity contribution < 1.29 is 4.79 Å². The molecular weight excluding hydrogens is 192 g/mol. The summed E-state index contributed by atoms with van der Waals surface area (Å²) in [5.41, 5.74) is 7.29. The largest absolute Gasteiger partial charge is 0.396 e. The van der Waals surface area contributed by atoms with Gasteiger partial charge in [-0.1, -0.05) is 0 Å². The predicted octanol–water partition coefficient (Wildman–Crippen LogP) is 0.519. The van der Waals surface area contributed by atoms with Gasteiger partial charge in [0.25, 0.3) is 0 Å². The number of likely N-dealkylation sites (N-methyl/N-ethyl adjacent to an activating group) is 1. The first-order valence-corrected chi connectivity index (χ1v) is 4.75. The normalized spacial score (nSPS) is 11.9. The number of nitrogens with zero attached hydrogens (tertiary/aromatic N) is 1. The number of pyridine rings is 1. The molecule has 0 aliphatic rings. The number of nitrogen functional groups attached to an aromatic ring is 1. The van der Waals surface area contributed by atoms with Gasteiger partial charge in [0.15, 0.2) is 0 Å². The third-order valence-corrected chi connectivity index (χ3v) is 2.05. The Hall–Kier alpha value is -1.78. The molecule has 1 aromatic rings. The van der Waals surface area contributed by atoms with Gasteiger partial charge in [-0.3, -0.25) is 4.79 Å². The summed E-state index contributed by atoms with van der Waals surface area (Å²) in [6.45, 7) is 3.66. The second-order valence-corrected chi connectivity index (χ2v) is 3.43. The Morgan fingerprint density at radius 1 is 1.60 bits per heavy atom. The zero-order chi connectivity index (χ0) is 11.4. The van der Waals surface area contributed by atoms with Gasteiger partial charge in [0.05, 0.1) is 5.69 Å². The maximum atomic E-state index is 11.3. The summed E-state index contributed by atoms with van der Waals surface area (Å²) in [5.74, 6) is 0.438. The molecule has 5 heteroatoms. The van der Waals surface area contributed by atoms with Crippen LogP contribution in [0.2, 0.25) is 0 Å². The summed E-state index contributed by atoms with van der Waals surface area (Å²) in [5, 5.41) is 5.49. The standard InChI is InChI=1S/C10H16N4O/c1-6-4-8(11)9(13-5-6)14-7(2)10(15)12-3/h4-5,7H,11H2,1-3H3,(H,12,15)(H,13,14). The van der Waals surface area contributed by atoms with Gasteiger partial charge in [-0.05, 0) is 25.5 Å². The van der Waals surface area contributed by atoms with E-state index < -0.39 is 0 Å². The minimum absolute atomic E-state index is 0.100. The van der Waals surface area contributed by atoms with Crippen LogP contribution in [0.5, 0.6) is 0 Å². The number of amides is 1. The Morgan fingerprint density at radius 2 is 2.27 bits per heavy atom. The molecule has 0 saturated heterocycles. The smallest absolute Gasteiger partial charge is 0.241 e. The number of nitrogens with two attached hydrogens (primary N) is 1. The monoisotopic (exact) mass is 208 g/mol. The zero-order valence-corrected chi connectivity index (χ0v) is 9.16. The molecular formula is C10H16N4O. The van der Waals surface area contributed by atoms with E-state index in [2.05, 4.69) is 15.6 Å². The van der Waals surface area contributed by atoms with Crippen molar-refractivity contribution >= 4 is 17.4 Å². The SMILES string of the molecule is CNC(=O)C(C)Nc1ncc(C)cc1N. The summed E-state index contributed by atoms with van der Waals surface area (Å²) < 4.78 is 0. The number of aromatic nitrogens is 1. The highest BCUT2D eigenvalue weighted by Crippen LogP contribution is 2.16. The fourth-order valence-corrected chi connectivity index (χ4v) is 1.20. The van der Waals surface area contributed by atoms with E-state index in [0.29, 0.717) is 11.5 Å². The van der Waals surface area contributed by atoms with E-state index in [1.54, 1.807) is 20.2 Å². The molecule has 0 spiro atoms. The van der Waals surface area contributed by atoms with Crippen molar-refractivity contribution in [2.75, 3.05) is 18.1 Å². The molecule has 1 atom stereocenters. The number of aryl methyl sites for hydroxylation is 1. The number of hydrogen-bond acceptors (Lipinski definition) is 4. The number of nitrogens with one attached hydrogen (secondary N) is 2. The number of rotatable bonds is 3. The van der Waals surface area contributed by atoms with Gasteiger partial charge < -0.3 is 16.4 Å². The van der Waals surface area contributed by atoms with E-state index in [0.717, 1.165) is 5.56 Å². The van der Waals surface area contributed by atoms with Crippen molar-refractivity contribution in [1.29, 1.82) is 0 Å². The highest BCUT2D eigenvalue weighted by Gasteiger charge is 2.12. The van der Waals surface area contributed by atoms with Crippen molar-refractivity contribution in [1.82, 2.24) is 10.3 Å². The van der Waals surface area contributed by atoms with Gasteiger partial charge in [0.1, 0.15) is 11.9 Å². The van der Waals surface area contributed by atoms with Crippen LogP contribution in [0, 0.1) is 6.92 Å². The van der Waals surface area contributed by atoms with Crippen LogP contribution >= 0.6 is 0 Å². The Bertz CT molecular complexity index is 364. The topological polar surface area (TPSA) is 80.0 Å². The lowest BCUT2D eigenvalue weighted by atomic mass is 10.2. The maximum Gasteiger partial charge on any atom is 0.241 e. The number of hydrogen-bond donors (Lipinski definition) is 3. The molecule has 0 aliphatic carbocycles. The van der Waals surface area contributed by atoms with Crippen LogP contribution in [0.1, 0.15) is 12.5 Å². The number of anilines is 2. The number of carbonyl (C=O) groups excluding carboxylic acids is 1. The average molecular weight is 208 g/mol. The molecule has 1 unspecified atom stereocenters. The van der Waals surface area contributed by atoms with Gasteiger partial charge >= 0.3 is 0 Å². The third-order valence-electron chi connectivity index (χ3n) is 2.05. The van der Waals surface area contributed by atoms with E-state index >= 15 is 0 Å². The van der Waals surface area contributed by atoms with E-state index in [1.807, 2.05) is 13.0 Å². The first kappa shape index (κ1) is 11.3. The van der Waals surface area contributed by atoms with Crippen molar-refractivity contribution in [3.8, 4) is 0 Å². The fourth-order valence-electron chi connectivity index (χ4n) is 1.20. The second kappa shape index (κ2) is 4.63. The molecule has 0 radical (unpaired) electrons. The Balaban J connectivity index is 2.76. The van der Waals surface area contributed by atoms with Crippen molar-refractivity contribution in [2.24, 2.45) is 0 Å². The van der Waals surface area contributed by atoms with Gasteiger partial charge in [0, 0.05) is 13.2 Å². The Morgan fingerprint density at radius 3 is 2.80 bits per heavy atom. The highest BCUT2D eigenvalue weighted by molar-refractivity contribution is 5.84. The second-order valence-electron chi connectivity index (χ2n) is 3.43. The Kier molecular flexibility index (Phi) is 3.49. The van der Waals surface area contributed by atoms with Gasteiger partial charge in [-0.2, -0.15) is 0 Å². The first-order valence-electron chi connectivity index (χ1n) is 4.75. The molecule has 15 heavy (non-hydrogen) atoms. The van der Waals surface area contributed by atoms with Gasteiger partial charge in [-0.25, -0.2) is 4.98 Å². The van der Waals surface area contributed by atoms with Crippen LogP contribution < -0.4 is 16.4 Å². The molecule has 1 amide bonds. The summed E-state index contributed by atoms with van der Waals surface area (Å²) >= 11 is 0. The molecule has 0 fully saturated rings. The Labute approximate surface area is 89.1 Å². The van der Waals surface area contributed by atoms with Gasteiger partial charge in [-0.15, -0.1) is 0 Å². The summed E-state index contributed by atoms with van der Waals surface area (Å²) in [6, 6.07) is 1.46. The molecule has 1 rings (SSSR count). The lowest BCUT2D eigenvalue weighted by Gasteiger charge is -2.14. The molecule has 82 valence electrons. The maximum absolute atomic E-state index is 11.3. The first-order chi connectivity index (χ1) is 7.04. The van der Waals surface area contributed by atoms with Crippen LogP contribution in [-0.2, 0) is 4.79 Å². The van der Waals surface area contributed by atoms with E-state index in [1.165, 1.54) is 0 Å². The summed E-state index contributed by atoms with van der Waals surface area (Å²) in [4.78, 5) is 15.4. The molecule has 5 nitrogen and oxygen atoms in total. The highest BCUT2D eigenvalue weighted by atomic mass is 16.2. The zero-order valence-electron chi connectivity index (χ0n) is 9.16. The van der Waals surface area contributed by atoms with Crippen LogP contribution in [0.3, 0.4) is 0 Å².